The third-order valence-corrected chi connectivity index (χ3v) is 11.3. The summed E-state index contributed by atoms with van der Waals surface area (Å²) in [7, 11) is 0. The highest BCUT2D eigenvalue weighted by Gasteiger charge is 2.81. The average Bonchev–Trinajstić information content (AvgIpc) is 2.93. The number of carbonyl (C=O) groups excluding carboxylic acids is 2. The van der Waals surface area contributed by atoms with Crippen molar-refractivity contribution in [3.63, 3.8) is 0 Å². The summed E-state index contributed by atoms with van der Waals surface area (Å²) in [5.74, 6) is -4.14. The molecule has 0 aromatic rings. The molecule has 11 atom stereocenters. The number of aliphatic hydroxyl groups is 3. The molecule has 0 aromatic carbocycles. The van der Waals surface area contributed by atoms with Gasteiger partial charge in [-0.3, -0.25) is 9.59 Å². The second kappa shape index (κ2) is 7.11. The first-order valence-electron chi connectivity index (χ1n) is 10.7. The molecule has 0 aliphatic heterocycles. The molecule has 3 saturated carbocycles. The Morgan fingerprint density at radius 3 is 2.44 bits per heavy atom. The largest absolute Gasteiger partial charge is 0.390 e. The van der Waals surface area contributed by atoms with Gasteiger partial charge >= 0.3 is 0 Å². The molecule has 10 heteroatoms. The Morgan fingerprint density at radius 1 is 1.28 bits per heavy atom. The van der Waals surface area contributed by atoms with Gasteiger partial charge in [0.1, 0.15) is 28.6 Å². The summed E-state index contributed by atoms with van der Waals surface area (Å²) in [4.78, 5) is 22.9. The highest BCUT2D eigenvalue weighted by Crippen LogP contribution is 2.73. The van der Waals surface area contributed by atoms with Crippen LogP contribution in [-0.4, -0.2) is 67.3 Å². The number of ketones is 2. The van der Waals surface area contributed by atoms with Gasteiger partial charge < -0.3 is 15.3 Å². The van der Waals surface area contributed by atoms with E-state index in [0.29, 0.717) is 0 Å². The molecule has 0 radical (unpaired) electrons. The lowest BCUT2D eigenvalue weighted by molar-refractivity contribution is -0.244. The van der Waals surface area contributed by atoms with Crippen LogP contribution in [0.5, 0.6) is 0 Å². The number of allylic oxidation sites excluding steroid dienone is 2. The van der Waals surface area contributed by atoms with E-state index in [1.165, 1.54) is 6.92 Å². The molecule has 3 fully saturated rings. The maximum atomic E-state index is 17.3. The summed E-state index contributed by atoms with van der Waals surface area (Å²) in [6, 6.07) is 0. The second-order valence-corrected chi connectivity index (χ2v) is 12.0. The van der Waals surface area contributed by atoms with Crippen molar-refractivity contribution in [3.05, 3.63) is 11.1 Å². The van der Waals surface area contributed by atoms with Crippen LogP contribution in [0.25, 0.3) is 0 Å². The predicted octanol–water partition coefficient (Wildman–Crippen LogP) is 3.07. The van der Waals surface area contributed by atoms with Crippen LogP contribution in [0, 0.1) is 28.6 Å². The molecule has 180 valence electrons. The standard InChI is InChI=1S/C22H27Cl3F2O5/c1-9-4-10-11-5-13(26)20(25)17(24)16(31)12(23)6-19(20,3)21(11,27)14(29)7-18(10,2)22(9,32)15(30)8-28/h6,9-11,13-14,17,28-29,32H,4-5,7-8H2,1-3H3/t9-,10+,11+,13+,14+,17?,18+,19+,20?,21+,22+/m1/s1. The Labute approximate surface area is 200 Å². The molecule has 2 unspecified atom stereocenters. The van der Waals surface area contributed by atoms with Crippen molar-refractivity contribution in [1.82, 2.24) is 0 Å². The number of rotatable bonds is 2. The first-order valence-corrected chi connectivity index (χ1v) is 11.9. The van der Waals surface area contributed by atoms with Gasteiger partial charge in [0.15, 0.2) is 17.2 Å². The fraction of sp³-hybridized carbons (Fsp3) is 0.818. The number of hydrogen-bond acceptors (Lipinski definition) is 5. The van der Waals surface area contributed by atoms with E-state index in [2.05, 4.69) is 0 Å². The van der Waals surface area contributed by atoms with Gasteiger partial charge in [0, 0.05) is 16.7 Å². The summed E-state index contributed by atoms with van der Waals surface area (Å²) in [5.41, 5.74) is -7.82. The van der Waals surface area contributed by atoms with Crippen molar-refractivity contribution in [2.24, 2.45) is 28.6 Å². The van der Waals surface area contributed by atoms with Crippen molar-refractivity contribution >= 4 is 46.4 Å². The Morgan fingerprint density at radius 2 is 1.88 bits per heavy atom. The van der Waals surface area contributed by atoms with Gasteiger partial charge in [0.2, 0.25) is 0 Å². The van der Waals surface area contributed by atoms with Gasteiger partial charge in [-0.2, -0.15) is 0 Å². The van der Waals surface area contributed by atoms with Gasteiger partial charge in [-0.25, -0.2) is 8.78 Å². The molecule has 5 nitrogen and oxygen atoms in total. The van der Waals surface area contributed by atoms with Crippen LogP contribution in [0.1, 0.15) is 40.0 Å². The van der Waals surface area contributed by atoms with Gasteiger partial charge in [0.05, 0.1) is 11.1 Å². The normalized spacial score (nSPS) is 57.3. The van der Waals surface area contributed by atoms with Crippen molar-refractivity contribution in [1.29, 1.82) is 0 Å². The molecule has 3 N–H and O–H groups in total. The predicted molar refractivity (Wildman–Crippen MR) is 115 cm³/mol. The lowest BCUT2D eigenvalue weighted by Gasteiger charge is -2.67. The van der Waals surface area contributed by atoms with Crippen molar-refractivity contribution in [2.75, 3.05) is 6.61 Å². The SMILES string of the molecule is C[C@@H]1C[C@H]2[C@@H]3C[C@H](F)C4(Cl)C(Cl)C(=O)C(Cl)=C[C@]4(C)[C@@]3(F)[C@@H](O)C[C@]2(C)[C@@]1(O)C(=O)CO. The number of aliphatic hydroxyl groups excluding tert-OH is 2. The Bertz CT molecular complexity index is 918. The van der Waals surface area contributed by atoms with Gasteiger partial charge in [-0.15, -0.1) is 23.2 Å². The lowest BCUT2D eigenvalue weighted by atomic mass is 9.42. The lowest BCUT2D eigenvalue weighted by Crippen LogP contribution is -2.78. The van der Waals surface area contributed by atoms with E-state index in [-0.39, 0.29) is 17.9 Å². The molecule has 0 heterocycles. The zero-order valence-corrected chi connectivity index (χ0v) is 20.2. The zero-order chi connectivity index (χ0) is 24.2. The van der Waals surface area contributed by atoms with Crippen LogP contribution in [0.3, 0.4) is 0 Å². The van der Waals surface area contributed by atoms with Crippen molar-refractivity contribution < 1.29 is 33.7 Å². The first-order chi connectivity index (χ1) is 14.6. The smallest absolute Gasteiger partial charge is 0.193 e. The van der Waals surface area contributed by atoms with E-state index < -0.39 is 87.0 Å². The topological polar surface area (TPSA) is 94.8 Å². The highest BCUT2D eigenvalue weighted by atomic mass is 35.5. The van der Waals surface area contributed by atoms with E-state index in [1.54, 1.807) is 13.8 Å². The van der Waals surface area contributed by atoms with E-state index in [9.17, 15) is 24.9 Å². The summed E-state index contributed by atoms with van der Waals surface area (Å²) in [6.45, 7) is 3.61. The van der Waals surface area contributed by atoms with Crippen molar-refractivity contribution in [3.8, 4) is 0 Å². The number of alkyl halides is 4. The van der Waals surface area contributed by atoms with Crippen LogP contribution in [-0.2, 0) is 9.59 Å². The molecule has 4 rings (SSSR count). The third kappa shape index (κ3) is 2.41. The fourth-order valence-corrected chi connectivity index (χ4v) is 8.99. The van der Waals surface area contributed by atoms with Gasteiger partial charge in [0.25, 0.3) is 0 Å². The van der Waals surface area contributed by atoms with Gasteiger partial charge in [-0.1, -0.05) is 38.4 Å². The molecule has 0 saturated heterocycles. The fourth-order valence-electron chi connectivity index (χ4n) is 7.74. The summed E-state index contributed by atoms with van der Waals surface area (Å²) in [6.07, 6.45) is -3.22. The molecule has 4 aliphatic carbocycles. The first kappa shape index (κ1) is 24.8. The Balaban J connectivity index is 1.93. The Hall–Kier alpha value is -0.310. The minimum absolute atomic E-state index is 0.181. The van der Waals surface area contributed by atoms with Crippen LogP contribution in [0.4, 0.5) is 8.78 Å². The van der Waals surface area contributed by atoms with Crippen LogP contribution in [0.2, 0.25) is 0 Å². The van der Waals surface area contributed by atoms with E-state index >= 15 is 8.78 Å². The highest BCUT2D eigenvalue weighted by molar-refractivity contribution is 6.52. The maximum Gasteiger partial charge on any atom is 0.193 e. The average molecular weight is 516 g/mol. The number of Topliss-reactive ketones (excluding diaryl/α,β-unsaturated/α-hetero) is 2. The van der Waals surface area contributed by atoms with Crippen LogP contribution in [0.15, 0.2) is 11.1 Å². The summed E-state index contributed by atoms with van der Waals surface area (Å²) in [5, 5.41) is 30.2. The summed E-state index contributed by atoms with van der Waals surface area (Å²) < 4.78 is 33.1. The van der Waals surface area contributed by atoms with Crippen LogP contribution < -0.4 is 0 Å². The van der Waals surface area contributed by atoms with E-state index in [1.807, 2.05) is 0 Å². The zero-order valence-electron chi connectivity index (χ0n) is 17.9. The monoisotopic (exact) mass is 514 g/mol. The second-order valence-electron chi connectivity index (χ2n) is 10.5. The third-order valence-electron chi connectivity index (χ3n) is 9.46. The van der Waals surface area contributed by atoms with E-state index in [4.69, 9.17) is 34.8 Å². The molecular weight excluding hydrogens is 489 g/mol. The van der Waals surface area contributed by atoms with Crippen molar-refractivity contribution in [2.45, 2.75) is 73.8 Å². The molecular formula is C22H27Cl3F2O5. The number of hydrogen-bond donors (Lipinski definition) is 3. The molecule has 0 amide bonds. The maximum absolute atomic E-state index is 17.3. The molecule has 4 aliphatic rings. The number of carbonyl (C=O) groups is 2. The van der Waals surface area contributed by atoms with E-state index in [0.717, 1.165) is 6.08 Å². The Kier molecular flexibility index (Phi) is 5.51. The summed E-state index contributed by atoms with van der Waals surface area (Å²) >= 11 is 19.0. The number of fused-ring (bicyclic) bond motifs is 5. The molecule has 0 aromatic heterocycles. The van der Waals surface area contributed by atoms with Crippen LogP contribution >= 0.6 is 34.8 Å². The minimum atomic E-state index is -2.54. The molecule has 0 bridgehead atoms. The quantitative estimate of drug-likeness (QED) is 0.492. The van der Waals surface area contributed by atoms with Gasteiger partial charge in [-0.05, 0) is 31.1 Å². The molecule has 32 heavy (non-hydrogen) atoms. The number of halogens is 5. The minimum Gasteiger partial charge on any atom is -0.390 e. The molecule has 0 spiro atoms.